The number of nitrogens with one attached hydrogen (secondary N) is 2. The molecular formula is C20H21N3O2S2. The minimum absolute atomic E-state index is 0.119. The number of carbonyl (C=O) groups is 1. The van der Waals surface area contributed by atoms with Crippen molar-refractivity contribution in [2.75, 3.05) is 0 Å². The minimum atomic E-state index is -0.183. The van der Waals surface area contributed by atoms with E-state index >= 15 is 0 Å². The molecule has 0 aliphatic heterocycles. The van der Waals surface area contributed by atoms with Gasteiger partial charge in [0.1, 0.15) is 6.54 Å². The number of aromatic amines is 1. The van der Waals surface area contributed by atoms with Crippen LogP contribution in [0.1, 0.15) is 22.4 Å². The Balaban J connectivity index is 1.76. The third-order valence-electron chi connectivity index (χ3n) is 4.39. The summed E-state index contributed by atoms with van der Waals surface area (Å²) in [5.74, 6) is -0.183. The molecule has 0 aliphatic rings. The molecule has 0 saturated carbocycles. The highest BCUT2D eigenvalue weighted by molar-refractivity contribution is 7.73. The molecule has 1 amide bonds. The van der Waals surface area contributed by atoms with Gasteiger partial charge in [0.15, 0.2) is 3.95 Å². The molecule has 1 aromatic carbocycles. The van der Waals surface area contributed by atoms with Crippen molar-refractivity contribution in [2.45, 2.75) is 33.9 Å². The van der Waals surface area contributed by atoms with Gasteiger partial charge in [-0.3, -0.25) is 9.59 Å². The maximum atomic E-state index is 12.5. The first-order valence-electron chi connectivity index (χ1n) is 8.56. The van der Waals surface area contributed by atoms with Gasteiger partial charge in [0.25, 0.3) is 5.56 Å². The molecule has 2 heterocycles. The lowest BCUT2D eigenvalue weighted by Gasteiger charge is -2.11. The Labute approximate surface area is 166 Å². The van der Waals surface area contributed by atoms with E-state index in [2.05, 4.69) is 10.3 Å². The Hall–Kier alpha value is -2.51. The Kier molecular flexibility index (Phi) is 5.72. The zero-order valence-corrected chi connectivity index (χ0v) is 17.1. The monoisotopic (exact) mass is 399 g/mol. The topological polar surface area (TPSA) is 66.9 Å². The highest BCUT2D eigenvalue weighted by Crippen LogP contribution is 2.24. The van der Waals surface area contributed by atoms with E-state index in [1.54, 1.807) is 0 Å². The van der Waals surface area contributed by atoms with Crippen molar-refractivity contribution in [1.82, 2.24) is 14.9 Å². The van der Waals surface area contributed by atoms with Crippen LogP contribution in [0, 0.1) is 24.7 Å². The van der Waals surface area contributed by atoms with Gasteiger partial charge in [-0.15, -0.1) is 11.3 Å². The van der Waals surface area contributed by atoms with Crippen molar-refractivity contribution in [3.05, 3.63) is 72.4 Å². The molecular weight excluding hydrogens is 378 g/mol. The van der Waals surface area contributed by atoms with E-state index in [0.29, 0.717) is 9.52 Å². The Morgan fingerprint density at radius 2 is 1.93 bits per heavy atom. The summed E-state index contributed by atoms with van der Waals surface area (Å²) < 4.78 is 2.47. The first-order valence-corrected chi connectivity index (χ1v) is 9.85. The first kappa shape index (κ1) is 19.3. The molecule has 27 heavy (non-hydrogen) atoms. The van der Waals surface area contributed by atoms with Gasteiger partial charge in [-0.1, -0.05) is 29.8 Å². The van der Waals surface area contributed by atoms with Crippen LogP contribution in [-0.2, 0) is 17.9 Å². The fourth-order valence-corrected chi connectivity index (χ4v) is 3.99. The maximum absolute atomic E-state index is 12.5. The number of hydrogen-bond acceptors (Lipinski definition) is 4. The van der Waals surface area contributed by atoms with Crippen molar-refractivity contribution in [1.29, 1.82) is 0 Å². The zero-order chi connectivity index (χ0) is 19.6. The molecule has 140 valence electrons. The van der Waals surface area contributed by atoms with Crippen LogP contribution in [0.2, 0.25) is 0 Å². The Morgan fingerprint density at radius 3 is 2.59 bits per heavy atom. The maximum Gasteiger partial charge on any atom is 0.253 e. The van der Waals surface area contributed by atoms with Crippen LogP contribution in [0.15, 0.2) is 40.5 Å². The van der Waals surface area contributed by atoms with Crippen LogP contribution in [0.5, 0.6) is 0 Å². The van der Waals surface area contributed by atoms with Gasteiger partial charge in [0, 0.05) is 23.2 Å². The number of aryl methyl sites for hydroxylation is 3. The summed E-state index contributed by atoms with van der Waals surface area (Å²) in [5.41, 5.74) is 5.19. The molecule has 2 N–H and O–H groups in total. The predicted octanol–water partition coefficient (Wildman–Crippen LogP) is 3.88. The van der Waals surface area contributed by atoms with Crippen LogP contribution in [0.4, 0.5) is 0 Å². The van der Waals surface area contributed by atoms with Crippen LogP contribution >= 0.6 is 23.6 Å². The van der Waals surface area contributed by atoms with Gasteiger partial charge >= 0.3 is 0 Å². The third kappa shape index (κ3) is 4.43. The van der Waals surface area contributed by atoms with Gasteiger partial charge < -0.3 is 14.9 Å². The van der Waals surface area contributed by atoms with Gasteiger partial charge in [0.05, 0.1) is 5.69 Å². The summed E-state index contributed by atoms with van der Waals surface area (Å²) >= 11 is 6.83. The van der Waals surface area contributed by atoms with Crippen molar-refractivity contribution in [2.24, 2.45) is 0 Å². The normalized spacial score (nSPS) is 10.8. The second-order valence-electron chi connectivity index (χ2n) is 6.56. The number of amides is 1. The van der Waals surface area contributed by atoms with E-state index in [1.807, 2.05) is 61.1 Å². The van der Waals surface area contributed by atoms with E-state index in [4.69, 9.17) is 12.2 Å². The highest BCUT2D eigenvalue weighted by atomic mass is 32.1. The molecule has 7 heteroatoms. The second kappa shape index (κ2) is 8.02. The molecule has 3 aromatic rings. The summed E-state index contributed by atoms with van der Waals surface area (Å²) in [7, 11) is 0. The fourth-order valence-electron chi connectivity index (χ4n) is 2.92. The standard InChI is InChI=1S/C20H21N3O2S2/c1-12-4-6-15(7-5-12)17-11-27-20(26)23(17)10-18(24)21-9-16-13(2)8-14(3)22-19(16)25/h4-8,11H,9-10H2,1-3H3,(H,21,24)(H,22,25). The van der Waals surface area contributed by atoms with Gasteiger partial charge in [-0.2, -0.15) is 0 Å². The molecule has 5 nitrogen and oxygen atoms in total. The van der Waals surface area contributed by atoms with E-state index in [1.165, 1.54) is 16.9 Å². The number of nitrogens with zero attached hydrogens (tertiary/aromatic N) is 1. The lowest BCUT2D eigenvalue weighted by Crippen LogP contribution is -2.30. The summed E-state index contributed by atoms with van der Waals surface area (Å²) in [6, 6.07) is 10.0. The summed E-state index contributed by atoms with van der Waals surface area (Å²) in [6.45, 7) is 6.05. The number of pyridine rings is 1. The van der Waals surface area contributed by atoms with E-state index in [9.17, 15) is 9.59 Å². The Bertz CT molecular complexity index is 1090. The fraction of sp³-hybridized carbons (Fsp3) is 0.250. The number of benzene rings is 1. The molecule has 0 fully saturated rings. The smallest absolute Gasteiger partial charge is 0.253 e. The van der Waals surface area contributed by atoms with Crippen LogP contribution in [0.3, 0.4) is 0 Å². The molecule has 0 atom stereocenters. The quantitative estimate of drug-likeness (QED) is 0.640. The van der Waals surface area contributed by atoms with Crippen LogP contribution in [0.25, 0.3) is 11.3 Å². The molecule has 2 aromatic heterocycles. The zero-order valence-electron chi connectivity index (χ0n) is 15.5. The predicted molar refractivity (Wildman–Crippen MR) is 112 cm³/mol. The third-order valence-corrected chi connectivity index (χ3v) is 5.66. The Morgan fingerprint density at radius 1 is 1.22 bits per heavy atom. The SMILES string of the molecule is Cc1ccc(-c2csc(=S)n2CC(=O)NCc2c(C)cc(C)[nH]c2=O)cc1. The molecule has 3 rings (SSSR count). The molecule has 0 saturated heterocycles. The number of aromatic nitrogens is 2. The van der Waals surface area contributed by atoms with Crippen LogP contribution < -0.4 is 10.9 Å². The summed E-state index contributed by atoms with van der Waals surface area (Å²) in [6.07, 6.45) is 0. The van der Waals surface area contributed by atoms with E-state index in [0.717, 1.165) is 22.5 Å². The number of thiazole rings is 1. The first-order chi connectivity index (χ1) is 12.8. The number of carbonyl (C=O) groups excluding carboxylic acids is 1. The highest BCUT2D eigenvalue weighted by Gasteiger charge is 2.12. The van der Waals surface area contributed by atoms with E-state index < -0.39 is 0 Å². The largest absolute Gasteiger partial charge is 0.350 e. The summed E-state index contributed by atoms with van der Waals surface area (Å²) in [5, 5.41) is 4.80. The molecule has 0 spiro atoms. The van der Waals surface area contributed by atoms with Gasteiger partial charge in [0.2, 0.25) is 5.91 Å². The van der Waals surface area contributed by atoms with E-state index in [-0.39, 0.29) is 24.6 Å². The lowest BCUT2D eigenvalue weighted by atomic mass is 10.1. The van der Waals surface area contributed by atoms with Crippen molar-refractivity contribution < 1.29 is 4.79 Å². The average Bonchev–Trinajstić information content (AvgIpc) is 2.95. The molecule has 0 unspecified atom stereocenters. The molecule has 0 bridgehead atoms. The average molecular weight is 400 g/mol. The number of H-pyrrole nitrogens is 1. The number of rotatable bonds is 5. The van der Waals surface area contributed by atoms with Crippen molar-refractivity contribution >= 4 is 29.5 Å². The van der Waals surface area contributed by atoms with Crippen molar-refractivity contribution in [3.63, 3.8) is 0 Å². The van der Waals surface area contributed by atoms with Gasteiger partial charge in [-0.05, 0) is 50.2 Å². The molecule has 0 aliphatic carbocycles. The number of hydrogen-bond donors (Lipinski definition) is 2. The minimum Gasteiger partial charge on any atom is -0.350 e. The van der Waals surface area contributed by atoms with Gasteiger partial charge in [-0.25, -0.2) is 0 Å². The molecule has 0 radical (unpaired) electrons. The van der Waals surface area contributed by atoms with Crippen molar-refractivity contribution in [3.8, 4) is 11.3 Å². The van der Waals surface area contributed by atoms with Crippen LogP contribution in [-0.4, -0.2) is 15.5 Å². The second-order valence-corrected chi connectivity index (χ2v) is 8.06. The lowest BCUT2D eigenvalue weighted by molar-refractivity contribution is -0.121. The summed E-state index contributed by atoms with van der Waals surface area (Å²) in [4.78, 5) is 27.3.